The van der Waals surface area contributed by atoms with Crippen LogP contribution in [0.15, 0.2) is 43.0 Å². The van der Waals surface area contributed by atoms with Crippen molar-refractivity contribution in [2.75, 3.05) is 5.73 Å². The molecule has 0 bridgehead atoms. The number of nitrogens with one attached hydrogen (secondary N) is 1. The van der Waals surface area contributed by atoms with Crippen molar-refractivity contribution in [3.05, 3.63) is 54.4 Å². The molecule has 3 aromatic rings. The van der Waals surface area contributed by atoms with Crippen LogP contribution in [0.2, 0.25) is 0 Å². The van der Waals surface area contributed by atoms with E-state index >= 15 is 0 Å². The van der Waals surface area contributed by atoms with Crippen molar-refractivity contribution >= 4 is 17.3 Å². The van der Waals surface area contributed by atoms with E-state index in [1.165, 1.54) is 6.33 Å². The van der Waals surface area contributed by atoms with Gasteiger partial charge in [0, 0.05) is 23.6 Å². The minimum Gasteiger partial charge on any atom is -0.491 e. The molecule has 29 heavy (non-hydrogen) atoms. The van der Waals surface area contributed by atoms with E-state index in [9.17, 15) is 4.79 Å². The molecule has 1 amide bonds. The zero-order valence-electron chi connectivity index (χ0n) is 16.5. The van der Waals surface area contributed by atoms with Gasteiger partial charge in [-0.05, 0) is 45.0 Å². The van der Waals surface area contributed by atoms with Crippen LogP contribution >= 0.6 is 0 Å². The Labute approximate surface area is 168 Å². The van der Waals surface area contributed by atoms with Gasteiger partial charge in [0.2, 0.25) is 5.91 Å². The van der Waals surface area contributed by atoms with Crippen LogP contribution < -0.4 is 16.2 Å². The number of nitrogens with two attached hydrogens (primary N) is 2. The molecule has 2 heterocycles. The van der Waals surface area contributed by atoms with Crippen molar-refractivity contribution < 1.29 is 9.53 Å². The average molecular weight is 393 g/mol. The summed E-state index contributed by atoms with van der Waals surface area (Å²) >= 11 is 0. The van der Waals surface area contributed by atoms with Gasteiger partial charge in [0.05, 0.1) is 18.1 Å². The lowest BCUT2D eigenvalue weighted by atomic mass is 10.1. The molecule has 2 aromatic heterocycles. The number of nitrogens with zero attached hydrogens (tertiary/aromatic N) is 4. The first-order chi connectivity index (χ1) is 13.8. The quantitative estimate of drug-likeness (QED) is 0.414. The van der Waals surface area contributed by atoms with Crippen molar-refractivity contribution in [3.63, 3.8) is 0 Å². The van der Waals surface area contributed by atoms with Crippen molar-refractivity contribution in [3.8, 4) is 17.1 Å². The van der Waals surface area contributed by atoms with Gasteiger partial charge < -0.3 is 20.8 Å². The van der Waals surface area contributed by atoms with Crippen LogP contribution in [-0.2, 0) is 4.79 Å². The number of benzene rings is 1. The maximum atomic E-state index is 11.4. The Bertz CT molecular complexity index is 1060. The van der Waals surface area contributed by atoms with Gasteiger partial charge in [0.25, 0.3) is 0 Å². The van der Waals surface area contributed by atoms with Crippen LogP contribution in [-0.4, -0.2) is 37.2 Å². The van der Waals surface area contributed by atoms with Crippen LogP contribution in [0.4, 0.5) is 5.69 Å². The van der Waals surface area contributed by atoms with E-state index in [0.29, 0.717) is 28.4 Å². The van der Waals surface area contributed by atoms with Crippen LogP contribution in [0.25, 0.3) is 11.4 Å². The number of amides is 1. The Morgan fingerprint density at radius 2 is 1.93 bits per heavy atom. The number of primary amides is 1. The van der Waals surface area contributed by atoms with E-state index in [1.807, 2.05) is 13.8 Å². The molecule has 0 saturated carbocycles. The van der Waals surface area contributed by atoms with Gasteiger partial charge >= 0.3 is 0 Å². The lowest BCUT2D eigenvalue weighted by Crippen LogP contribution is -2.22. The van der Waals surface area contributed by atoms with E-state index in [4.69, 9.17) is 21.6 Å². The number of rotatable bonds is 7. The molecular weight excluding hydrogens is 370 g/mol. The molecule has 1 atom stereocenters. The third-order valence-electron chi connectivity index (χ3n) is 4.27. The lowest BCUT2D eigenvalue weighted by Gasteiger charge is -2.13. The number of imidazole rings is 1. The summed E-state index contributed by atoms with van der Waals surface area (Å²) in [7, 11) is 0. The van der Waals surface area contributed by atoms with Gasteiger partial charge in [-0.15, -0.1) is 0 Å². The van der Waals surface area contributed by atoms with Crippen LogP contribution in [0.1, 0.15) is 38.2 Å². The SMILES string of the molecule is CC(C)Oc1ccc(N)c(C(=N)c2nccc(-c3cn(C(C)C(N)=O)cn3)n2)c1. The third-order valence-corrected chi connectivity index (χ3v) is 4.27. The predicted molar refractivity (Wildman–Crippen MR) is 110 cm³/mol. The third kappa shape index (κ3) is 4.40. The first-order valence-electron chi connectivity index (χ1n) is 9.08. The minimum atomic E-state index is -0.528. The summed E-state index contributed by atoms with van der Waals surface area (Å²) in [5, 5.41) is 8.53. The Morgan fingerprint density at radius 3 is 2.62 bits per heavy atom. The van der Waals surface area contributed by atoms with E-state index in [2.05, 4.69) is 15.0 Å². The number of carbonyl (C=O) groups is 1. The maximum Gasteiger partial charge on any atom is 0.240 e. The molecule has 9 heteroatoms. The largest absolute Gasteiger partial charge is 0.491 e. The number of anilines is 1. The summed E-state index contributed by atoms with van der Waals surface area (Å²) in [6, 6.07) is 6.31. The van der Waals surface area contributed by atoms with E-state index in [1.54, 1.807) is 48.1 Å². The van der Waals surface area contributed by atoms with Gasteiger partial charge in [0.1, 0.15) is 23.2 Å². The second-order valence-corrected chi connectivity index (χ2v) is 6.84. The Balaban J connectivity index is 1.92. The molecule has 1 aromatic carbocycles. The second kappa shape index (κ2) is 8.09. The molecule has 9 nitrogen and oxygen atoms in total. The molecule has 3 rings (SSSR count). The fraction of sp³-hybridized carbons (Fsp3) is 0.250. The number of hydrogen-bond donors (Lipinski definition) is 3. The zero-order chi connectivity index (χ0) is 21.1. The van der Waals surface area contributed by atoms with E-state index in [0.717, 1.165) is 0 Å². The van der Waals surface area contributed by atoms with Gasteiger partial charge in [0.15, 0.2) is 5.82 Å². The lowest BCUT2D eigenvalue weighted by molar-refractivity contribution is -0.120. The molecule has 0 spiro atoms. The van der Waals surface area contributed by atoms with Gasteiger partial charge in [-0.25, -0.2) is 15.0 Å². The van der Waals surface area contributed by atoms with Gasteiger partial charge in [-0.1, -0.05) is 0 Å². The molecule has 5 N–H and O–H groups in total. The fourth-order valence-electron chi connectivity index (χ4n) is 2.67. The summed E-state index contributed by atoms with van der Waals surface area (Å²) in [5.41, 5.74) is 13.4. The highest BCUT2D eigenvalue weighted by atomic mass is 16.5. The Hall–Kier alpha value is -3.75. The summed E-state index contributed by atoms with van der Waals surface area (Å²) < 4.78 is 7.30. The highest BCUT2D eigenvalue weighted by Crippen LogP contribution is 2.23. The standard InChI is InChI=1S/C20H23N7O2/c1-11(2)29-13-4-5-15(21)14(8-13)18(22)20-24-7-6-16(26-20)17-9-27(10-25-17)12(3)19(23)28/h4-12,22H,21H2,1-3H3,(H2,23,28). The normalized spacial score (nSPS) is 12.0. The number of carbonyl (C=O) groups excluding carboxylic acids is 1. The van der Waals surface area contributed by atoms with Crippen molar-refractivity contribution in [2.45, 2.75) is 32.9 Å². The summed E-state index contributed by atoms with van der Waals surface area (Å²) in [5.74, 6) is 0.357. The highest BCUT2D eigenvalue weighted by Gasteiger charge is 2.16. The van der Waals surface area contributed by atoms with Gasteiger partial charge in [-0.2, -0.15) is 0 Å². The van der Waals surface area contributed by atoms with Crippen molar-refractivity contribution in [1.82, 2.24) is 19.5 Å². The first-order valence-corrected chi connectivity index (χ1v) is 9.08. The molecule has 0 aliphatic heterocycles. The maximum absolute atomic E-state index is 11.4. The smallest absolute Gasteiger partial charge is 0.240 e. The average Bonchev–Trinajstić information content (AvgIpc) is 3.18. The molecule has 0 radical (unpaired) electrons. The van der Waals surface area contributed by atoms with Gasteiger partial charge in [-0.3, -0.25) is 10.2 Å². The monoisotopic (exact) mass is 393 g/mol. The van der Waals surface area contributed by atoms with Crippen LogP contribution in [0.5, 0.6) is 5.75 Å². The molecule has 0 aliphatic rings. The molecule has 0 aliphatic carbocycles. The molecule has 1 unspecified atom stereocenters. The van der Waals surface area contributed by atoms with Crippen molar-refractivity contribution in [1.29, 1.82) is 5.41 Å². The second-order valence-electron chi connectivity index (χ2n) is 6.84. The first kappa shape index (κ1) is 20.0. The molecular formula is C20H23N7O2. The fourth-order valence-corrected chi connectivity index (χ4v) is 2.67. The van der Waals surface area contributed by atoms with Crippen LogP contribution in [0.3, 0.4) is 0 Å². The number of ether oxygens (including phenoxy) is 1. The van der Waals surface area contributed by atoms with Crippen molar-refractivity contribution in [2.24, 2.45) is 5.73 Å². The zero-order valence-corrected chi connectivity index (χ0v) is 16.5. The molecule has 0 saturated heterocycles. The Kier molecular flexibility index (Phi) is 5.58. The molecule has 150 valence electrons. The molecule has 0 fully saturated rings. The minimum absolute atomic E-state index is 0.00172. The Morgan fingerprint density at radius 1 is 1.17 bits per heavy atom. The predicted octanol–water partition coefficient (Wildman–Crippen LogP) is 2.17. The topological polar surface area (TPSA) is 146 Å². The summed E-state index contributed by atoms with van der Waals surface area (Å²) in [6.07, 6.45) is 4.74. The highest BCUT2D eigenvalue weighted by molar-refractivity contribution is 6.12. The summed E-state index contributed by atoms with van der Waals surface area (Å²) in [6.45, 7) is 5.53. The number of hydrogen-bond acceptors (Lipinski definition) is 7. The summed E-state index contributed by atoms with van der Waals surface area (Å²) in [4.78, 5) is 24.3. The number of aromatic nitrogens is 4. The van der Waals surface area contributed by atoms with E-state index < -0.39 is 11.9 Å². The van der Waals surface area contributed by atoms with E-state index in [-0.39, 0.29) is 17.6 Å². The number of nitrogen functional groups attached to an aromatic ring is 1. The van der Waals surface area contributed by atoms with Crippen LogP contribution in [0, 0.1) is 5.41 Å².